The Balaban J connectivity index is 2.15. The number of nitrogens with zero attached hydrogens (tertiary/aromatic N) is 1. The van der Waals surface area contributed by atoms with Crippen LogP contribution in [0.4, 0.5) is 0 Å². The van der Waals surface area contributed by atoms with Gasteiger partial charge in [0.15, 0.2) is 0 Å². The molecule has 3 aromatic rings. The molecule has 0 saturated carbocycles. The van der Waals surface area contributed by atoms with Crippen LogP contribution >= 0.6 is 15.9 Å². The number of para-hydroxylation sites is 1. The Labute approximate surface area is 154 Å². The molecule has 0 bridgehead atoms. The maximum absolute atomic E-state index is 12.8. The lowest BCUT2D eigenvalue weighted by molar-refractivity contribution is 0.316. The molecule has 4 nitrogen and oxygen atoms in total. The van der Waals surface area contributed by atoms with Gasteiger partial charge in [0.25, 0.3) is 5.56 Å². The van der Waals surface area contributed by atoms with E-state index in [9.17, 15) is 4.79 Å². The molecule has 128 valence electrons. The van der Waals surface area contributed by atoms with Crippen LogP contribution in [0.3, 0.4) is 0 Å². The van der Waals surface area contributed by atoms with E-state index in [1.807, 2.05) is 54.6 Å². The second-order valence-corrected chi connectivity index (χ2v) is 6.57. The van der Waals surface area contributed by atoms with Crippen molar-refractivity contribution in [1.82, 2.24) is 9.78 Å². The Morgan fingerprint density at radius 3 is 2.72 bits per heavy atom. The molecule has 0 fully saturated rings. The summed E-state index contributed by atoms with van der Waals surface area (Å²) in [6.07, 6.45) is 2.73. The molecule has 0 spiro atoms. The number of hydrogen-bond acceptors (Lipinski definition) is 2. The first-order valence-corrected chi connectivity index (χ1v) is 8.89. The lowest BCUT2D eigenvalue weighted by Crippen LogP contribution is -2.34. The van der Waals surface area contributed by atoms with E-state index in [0.717, 1.165) is 27.9 Å². The number of aromatic nitrogens is 2. The predicted octanol–water partition coefficient (Wildman–Crippen LogP) is 2.96. The number of halogens is 1. The van der Waals surface area contributed by atoms with Gasteiger partial charge in [0.05, 0.1) is 22.9 Å². The molecular weight excluding hydrogens is 380 g/mol. The molecule has 1 heterocycles. The van der Waals surface area contributed by atoms with Crippen molar-refractivity contribution in [3.63, 3.8) is 0 Å². The van der Waals surface area contributed by atoms with Gasteiger partial charge in [-0.25, -0.2) is 4.68 Å². The van der Waals surface area contributed by atoms with Gasteiger partial charge in [-0.1, -0.05) is 47.6 Å². The van der Waals surface area contributed by atoms with E-state index in [-0.39, 0.29) is 5.56 Å². The Kier molecular flexibility index (Phi) is 5.24. The SMILES string of the molecule is C=c1[nH]n(-c2ccccc2)c(=O)/c1=C\c1cc(Br)ccc1OCCC. The van der Waals surface area contributed by atoms with Gasteiger partial charge < -0.3 is 4.74 Å². The van der Waals surface area contributed by atoms with E-state index in [4.69, 9.17) is 4.74 Å². The van der Waals surface area contributed by atoms with E-state index in [1.54, 1.807) is 0 Å². The maximum atomic E-state index is 12.8. The summed E-state index contributed by atoms with van der Waals surface area (Å²) in [6, 6.07) is 15.2. The van der Waals surface area contributed by atoms with Crippen molar-refractivity contribution in [2.45, 2.75) is 13.3 Å². The van der Waals surface area contributed by atoms with Crippen LogP contribution < -0.4 is 20.9 Å². The molecule has 0 aliphatic carbocycles. The molecule has 2 aromatic carbocycles. The number of rotatable bonds is 5. The second kappa shape index (κ2) is 7.57. The molecule has 0 saturated heterocycles. The molecule has 0 aliphatic rings. The highest BCUT2D eigenvalue weighted by Gasteiger charge is 2.07. The molecule has 0 radical (unpaired) electrons. The van der Waals surface area contributed by atoms with Crippen LogP contribution in [-0.4, -0.2) is 16.4 Å². The zero-order valence-electron chi connectivity index (χ0n) is 14.0. The predicted molar refractivity (Wildman–Crippen MR) is 105 cm³/mol. The Morgan fingerprint density at radius 1 is 1.24 bits per heavy atom. The number of hydrogen-bond donors (Lipinski definition) is 1. The van der Waals surface area contributed by atoms with Crippen molar-refractivity contribution >= 4 is 28.6 Å². The smallest absolute Gasteiger partial charge is 0.279 e. The lowest BCUT2D eigenvalue weighted by atomic mass is 10.1. The zero-order valence-corrected chi connectivity index (χ0v) is 15.5. The van der Waals surface area contributed by atoms with Crippen molar-refractivity contribution in [2.24, 2.45) is 0 Å². The molecule has 1 aromatic heterocycles. The second-order valence-electron chi connectivity index (χ2n) is 5.66. The monoisotopic (exact) mass is 398 g/mol. The summed E-state index contributed by atoms with van der Waals surface area (Å²) in [4.78, 5) is 12.8. The van der Waals surface area contributed by atoms with E-state index >= 15 is 0 Å². The van der Waals surface area contributed by atoms with E-state index in [2.05, 4.69) is 34.5 Å². The molecule has 1 N–H and O–H groups in total. The normalized spacial score (nSPS) is 11.7. The van der Waals surface area contributed by atoms with Crippen LogP contribution in [0.5, 0.6) is 5.75 Å². The standard InChI is InChI=1S/C20H19BrN2O2/c1-3-11-25-19-10-9-16(21)12-15(19)13-18-14(2)22-23(20(18)24)17-7-5-4-6-8-17/h4-10,12-13,22H,2-3,11H2,1H3/b18-13-. The van der Waals surface area contributed by atoms with Crippen molar-refractivity contribution in [2.75, 3.05) is 6.61 Å². The summed E-state index contributed by atoms with van der Waals surface area (Å²) in [5.74, 6) is 0.747. The van der Waals surface area contributed by atoms with Crippen molar-refractivity contribution in [3.8, 4) is 11.4 Å². The number of H-pyrrole nitrogens is 1. The highest BCUT2D eigenvalue weighted by molar-refractivity contribution is 9.10. The summed E-state index contributed by atoms with van der Waals surface area (Å²) in [6.45, 7) is 6.66. The molecule has 0 amide bonds. The summed E-state index contributed by atoms with van der Waals surface area (Å²) in [5.41, 5.74) is 1.47. The minimum absolute atomic E-state index is 0.141. The summed E-state index contributed by atoms with van der Waals surface area (Å²) < 4.78 is 8.22. The summed E-state index contributed by atoms with van der Waals surface area (Å²) in [5, 5.41) is 4.12. The molecule has 25 heavy (non-hydrogen) atoms. The van der Waals surface area contributed by atoms with E-state index < -0.39 is 0 Å². The number of benzene rings is 2. The van der Waals surface area contributed by atoms with Crippen LogP contribution in [0.25, 0.3) is 18.3 Å². The van der Waals surface area contributed by atoms with Gasteiger partial charge in [0.2, 0.25) is 0 Å². The van der Waals surface area contributed by atoms with Gasteiger partial charge in [0.1, 0.15) is 5.75 Å². The van der Waals surface area contributed by atoms with E-state index in [0.29, 0.717) is 17.2 Å². The fourth-order valence-corrected chi connectivity index (χ4v) is 2.91. The van der Waals surface area contributed by atoms with Crippen molar-refractivity contribution in [1.29, 1.82) is 0 Å². The van der Waals surface area contributed by atoms with Gasteiger partial charge in [-0.2, -0.15) is 0 Å². The van der Waals surface area contributed by atoms with Crippen LogP contribution in [0.15, 0.2) is 57.8 Å². The third-order valence-corrected chi connectivity index (χ3v) is 4.25. The van der Waals surface area contributed by atoms with Gasteiger partial charge in [-0.15, -0.1) is 0 Å². The fraction of sp³-hybridized carbons (Fsp3) is 0.150. The lowest BCUT2D eigenvalue weighted by Gasteiger charge is -2.08. The van der Waals surface area contributed by atoms with Crippen LogP contribution in [0.2, 0.25) is 0 Å². The van der Waals surface area contributed by atoms with Crippen molar-refractivity contribution in [3.05, 3.63) is 79.5 Å². The third kappa shape index (κ3) is 3.77. The van der Waals surface area contributed by atoms with Gasteiger partial charge in [0, 0.05) is 10.0 Å². The topological polar surface area (TPSA) is 47.0 Å². The zero-order chi connectivity index (χ0) is 17.8. The molecule has 5 heteroatoms. The third-order valence-electron chi connectivity index (χ3n) is 3.75. The highest BCUT2D eigenvalue weighted by atomic mass is 79.9. The van der Waals surface area contributed by atoms with Gasteiger partial charge >= 0.3 is 0 Å². The molecule has 0 aliphatic heterocycles. The maximum Gasteiger partial charge on any atom is 0.279 e. The van der Waals surface area contributed by atoms with Gasteiger partial charge in [-0.05, 0) is 42.8 Å². The first-order valence-electron chi connectivity index (χ1n) is 8.09. The Bertz CT molecular complexity index is 1040. The highest BCUT2D eigenvalue weighted by Crippen LogP contribution is 2.23. The number of ether oxygens (including phenoxy) is 1. The number of nitrogens with one attached hydrogen (secondary N) is 1. The molecule has 3 rings (SSSR count). The Morgan fingerprint density at radius 2 is 2.00 bits per heavy atom. The molecular formula is C20H19BrN2O2. The van der Waals surface area contributed by atoms with Gasteiger partial charge in [-0.3, -0.25) is 9.89 Å². The minimum atomic E-state index is -0.141. The quantitative estimate of drug-likeness (QED) is 0.717. The first kappa shape index (κ1) is 17.3. The van der Waals surface area contributed by atoms with Crippen LogP contribution in [-0.2, 0) is 0 Å². The van der Waals surface area contributed by atoms with E-state index in [1.165, 1.54) is 4.68 Å². The summed E-state index contributed by atoms with van der Waals surface area (Å²) >= 11 is 3.47. The molecule has 0 unspecified atom stereocenters. The van der Waals surface area contributed by atoms with Crippen LogP contribution in [0, 0.1) is 0 Å². The largest absolute Gasteiger partial charge is 0.493 e. The summed E-state index contributed by atoms with van der Waals surface area (Å²) in [7, 11) is 0. The average molecular weight is 399 g/mol. The molecule has 0 atom stereocenters. The fourth-order valence-electron chi connectivity index (χ4n) is 2.53. The minimum Gasteiger partial charge on any atom is -0.493 e. The number of aromatic amines is 1. The van der Waals surface area contributed by atoms with Crippen molar-refractivity contribution < 1.29 is 4.74 Å². The van der Waals surface area contributed by atoms with Crippen LogP contribution in [0.1, 0.15) is 18.9 Å². The Hall–Kier alpha value is -2.53. The average Bonchev–Trinajstić information content (AvgIpc) is 2.90. The first-order chi connectivity index (χ1) is 12.1.